The van der Waals surface area contributed by atoms with E-state index in [1.165, 1.54) is 27.2 Å². The van der Waals surface area contributed by atoms with E-state index in [-0.39, 0.29) is 11.8 Å². The van der Waals surface area contributed by atoms with Crippen molar-refractivity contribution in [1.29, 1.82) is 0 Å². The van der Waals surface area contributed by atoms with Gasteiger partial charge in [0.25, 0.3) is 0 Å². The monoisotopic (exact) mass is 466 g/mol. The summed E-state index contributed by atoms with van der Waals surface area (Å²) in [7, 11) is 1.54. The summed E-state index contributed by atoms with van der Waals surface area (Å²) in [5.41, 5.74) is 4.77. The van der Waals surface area contributed by atoms with Crippen molar-refractivity contribution in [3.63, 3.8) is 0 Å². The third-order valence-corrected chi connectivity index (χ3v) is 6.46. The third kappa shape index (κ3) is 6.16. The van der Waals surface area contributed by atoms with Gasteiger partial charge in [-0.05, 0) is 41.5 Å². The first-order chi connectivity index (χ1) is 16.4. The molecule has 1 unspecified atom stereocenters. The Morgan fingerprint density at radius 3 is 2.15 bits per heavy atom. The summed E-state index contributed by atoms with van der Waals surface area (Å²) in [4.78, 5) is 36.8. The largest absolute Gasteiger partial charge is 0.480 e. The maximum atomic E-state index is 12.2. The molecule has 0 aliphatic heterocycles. The number of rotatable bonds is 12. The van der Waals surface area contributed by atoms with Gasteiger partial charge in [0.05, 0.1) is 0 Å². The van der Waals surface area contributed by atoms with Crippen LogP contribution in [0.15, 0.2) is 48.5 Å². The van der Waals surface area contributed by atoms with Crippen molar-refractivity contribution < 1.29 is 24.2 Å². The number of benzene rings is 2. The van der Waals surface area contributed by atoms with Crippen LogP contribution < -0.4 is 5.32 Å². The molecule has 0 bridgehead atoms. The van der Waals surface area contributed by atoms with Gasteiger partial charge in [-0.1, -0.05) is 68.3 Å². The number of ether oxygens (including phenoxy) is 1. The highest BCUT2D eigenvalue weighted by Gasteiger charge is 2.29. The predicted octanol–water partition coefficient (Wildman–Crippen LogP) is 4.80. The van der Waals surface area contributed by atoms with Gasteiger partial charge in [-0.2, -0.15) is 0 Å². The van der Waals surface area contributed by atoms with Crippen LogP contribution in [0, 0.1) is 0 Å². The Morgan fingerprint density at radius 1 is 0.971 bits per heavy atom. The second kappa shape index (κ2) is 12.2. The normalized spacial score (nSPS) is 13.0. The highest BCUT2D eigenvalue weighted by atomic mass is 16.5. The summed E-state index contributed by atoms with van der Waals surface area (Å²) in [6, 6.07) is 15.7. The standard InChI is InChI=1S/C27H34N2O5/c1-3-24(26(31)32)29(2)25(30)16-6-4-5-11-17-28-27(33)34-18-23-21-14-9-7-12-19(21)20-13-8-10-15-22(20)23/h7-10,12-15,23-24H,3-6,11,16-18H2,1-2H3,(H,28,33)(H,31,32). The van der Waals surface area contributed by atoms with Gasteiger partial charge in [-0.25, -0.2) is 9.59 Å². The second-order valence-electron chi connectivity index (χ2n) is 8.68. The van der Waals surface area contributed by atoms with Crippen LogP contribution in [0.2, 0.25) is 0 Å². The van der Waals surface area contributed by atoms with Crippen LogP contribution in [0.4, 0.5) is 4.79 Å². The van der Waals surface area contributed by atoms with Gasteiger partial charge >= 0.3 is 12.1 Å². The topological polar surface area (TPSA) is 95.9 Å². The lowest BCUT2D eigenvalue weighted by molar-refractivity contribution is -0.149. The molecule has 0 saturated heterocycles. The van der Waals surface area contributed by atoms with Gasteiger partial charge in [-0.15, -0.1) is 0 Å². The molecule has 0 saturated carbocycles. The van der Waals surface area contributed by atoms with Gasteiger partial charge in [0, 0.05) is 25.9 Å². The zero-order chi connectivity index (χ0) is 24.5. The minimum atomic E-state index is -0.974. The zero-order valence-corrected chi connectivity index (χ0v) is 20.0. The molecule has 0 spiro atoms. The van der Waals surface area contributed by atoms with E-state index in [9.17, 15) is 14.4 Å². The first-order valence-corrected chi connectivity index (χ1v) is 12.0. The number of hydrogen-bond acceptors (Lipinski definition) is 4. The number of amides is 2. The number of unbranched alkanes of at least 4 members (excludes halogenated alkanes) is 3. The predicted molar refractivity (Wildman–Crippen MR) is 131 cm³/mol. The Morgan fingerprint density at radius 2 is 1.56 bits per heavy atom. The Hall–Kier alpha value is -3.35. The van der Waals surface area contributed by atoms with E-state index in [4.69, 9.17) is 9.84 Å². The molecule has 7 heteroatoms. The second-order valence-corrected chi connectivity index (χ2v) is 8.68. The Balaban J connectivity index is 1.32. The first kappa shape index (κ1) is 25.3. The maximum Gasteiger partial charge on any atom is 0.407 e. The number of nitrogens with one attached hydrogen (secondary N) is 1. The summed E-state index contributed by atoms with van der Waals surface area (Å²) < 4.78 is 5.53. The number of carboxylic acids is 1. The SMILES string of the molecule is CCC(C(=O)O)N(C)C(=O)CCCCCCNC(=O)OCC1c2ccccc2-c2ccccc21. The third-order valence-electron chi connectivity index (χ3n) is 6.46. The van der Waals surface area contributed by atoms with E-state index in [1.807, 2.05) is 24.3 Å². The molecule has 2 aromatic carbocycles. The first-order valence-electron chi connectivity index (χ1n) is 12.0. The number of hydrogen-bond donors (Lipinski definition) is 2. The minimum absolute atomic E-state index is 0.0438. The fourth-order valence-corrected chi connectivity index (χ4v) is 4.56. The number of likely N-dealkylation sites (N-methyl/N-ethyl adjacent to an activating group) is 1. The van der Waals surface area contributed by atoms with Crippen molar-refractivity contribution in [3.8, 4) is 11.1 Å². The van der Waals surface area contributed by atoms with Crippen molar-refractivity contribution in [2.24, 2.45) is 0 Å². The van der Waals surface area contributed by atoms with Crippen molar-refractivity contribution in [2.75, 3.05) is 20.2 Å². The smallest absolute Gasteiger partial charge is 0.407 e. The number of fused-ring (bicyclic) bond motifs is 3. The molecule has 7 nitrogen and oxygen atoms in total. The molecule has 0 fully saturated rings. The van der Waals surface area contributed by atoms with Crippen LogP contribution in [0.1, 0.15) is 62.5 Å². The fourth-order valence-electron chi connectivity index (χ4n) is 4.56. The van der Waals surface area contributed by atoms with Crippen LogP contribution in [0.3, 0.4) is 0 Å². The summed E-state index contributed by atoms with van der Waals surface area (Å²) >= 11 is 0. The molecule has 1 aliphatic carbocycles. The van der Waals surface area contributed by atoms with E-state index >= 15 is 0 Å². The van der Waals surface area contributed by atoms with E-state index in [0.717, 1.165) is 19.3 Å². The molecule has 2 amide bonds. The number of carboxylic acid groups (broad SMARTS) is 1. The van der Waals surface area contributed by atoms with Gasteiger partial charge in [0.15, 0.2) is 0 Å². The summed E-state index contributed by atoms with van der Waals surface area (Å²) in [6.07, 6.45) is 3.51. The molecule has 1 aliphatic rings. The van der Waals surface area contributed by atoms with E-state index in [1.54, 1.807) is 14.0 Å². The highest BCUT2D eigenvalue weighted by molar-refractivity contribution is 5.83. The number of carbonyl (C=O) groups excluding carboxylic acids is 2. The molecule has 0 radical (unpaired) electrons. The molecule has 3 rings (SSSR count). The molecule has 0 aromatic heterocycles. The van der Waals surface area contributed by atoms with Crippen LogP contribution in [-0.4, -0.2) is 54.2 Å². The molecule has 2 aromatic rings. The lowest BCUT2D eigenvalue weighted by Crippen LogP contribution is -2.41. The van der Waals surface area contributed by atoms with E-state index in [0.29, 0.717) is 32.4 Å². The quantitative estimate of drug-likeness (QED) is 0.438. The highest BCUT2D eigenvalue weighted by Crippen LogP contribution is 2.44. The van der Waals surface area contributed by atoms with Crippen molar-refractivity contribution in [1.82, 2.24) is 10.2 Å². The average Bonchev–Trinajstić information content (AvgIpc) is 3.15. The summed E-state index contributed by atoms with van der Waals surface area (Å²) in [5.74, 6) is -1.08. The Bertz CT molecular complexity index is 961. The lowest BCUT2D eigenvalue weighted by Gasteiger charge is -2.23. The van der Waals surface area contributed by atoms with E-state index in [2.05, 4.69) is 29.6 Å². The Labute approximate surface area is 201 Å². The van der Waals surface area contributed by atoms with Crippen LogP contribution >= 0.6 is 0 Å². The average molecular weight is 467 g/mol. The van der Waals surface area contributed by atoms with Gasteiger partial charge in [-0.3, -0.25) is 4.79 Å². The molecule has 2 N–H and O–H groups in total. The number of carbonyl (C=O) groups is 3. The molecular formula is C27H34N2O5. The summed E-state index contributed by atoms with van der Waals surface area (Å²) in [6.45, 7) is 2.57. The van der Waals surface area contributed by atoms with Crippen LogP contribution in [-0.2, 0) is 14.3 Å². The van der Waals surface area contributed by atoms with Gasteiger partial charge in [0.1, 0.15) is 12.6 Å². The van der Waals surface area contributed by atoms with Gasteiger partial charge < -0.3 is 20.1 Å². The number of alkyl carbamates (subject to hydrolysis) is 1. The number of aliphatic carboxylic acids is 1. The molecular weight excluding hydrogens is 432 g/mol. The van der Waals surface area contributed by atoms with Crippen molar-refractivity contribution in [3.05, 3.63) is 59.7 Å². The molecule has 182 valence electrons. The van der Waals surface area contributed by atoms with Gasteiger partial charge in [0.2, 0.25) is 5.91 Å². The van der Waals surface area contributed by atoms with E-state index < -0.39 is 18.1 Å². The maximum absolute atomic E-state index is 12.2. The lowest BCUT2D eigenvalue weighted by atomic mass is 9.98. The van der Waals surface area contributed by atoms with Crippen LogP contribution in [0.5, 0.6) is 0 Å². The fraction of sp³-hybridized carbons (Fsp3) is 0.444. The number of nitrogens with zero attached hydrogens (tertiary/aromatic N) is 1. The molecule has 34 heavy (non-hydrogen) atoms. The van der Waals surface area contributed by atoms with Crippen molar-refractivity contribution >= 4 is 18.0 Å². The Kier molecular flexibility index (Phi) is 9.08. The van der Waals surface area contributed by atoms with Crippen molar-refractivity contribution in [2.45, 2.75) is 57.4 Å². The zero-order valence-electron chi connectivity index (χ0n) is 20.0. The minimum Gasteiger partial charge on any atom is -0.480 e. The summed E-state index contributed by atoms with van der Waals surface area (Å²) in [5, 5.41) is 12.0. The van der Waals surface area contributed by atoms with Crippen LogP contribution in [0.25, 0.3) is 11.1 Å². The molecule has 1 atom stereocenters. The molecule has 0 heterocycles.